The maximum absolute atomic E-state index is 13.3. The predicted octanol–water partition coefficient (Wildman–Crippen LogP) is 6.23. The van der Waals surface area contributed by atoms with Gasteiger partial charge in [0.1, 0.15) is 5.82 Å². The molecule has 1 aliphatic heterocycles. The number of rotatable bonds is 5. The molecule has 0 saturated carbocycles. The van der Waals surface area contributed by atoms with Crippen molar-refractivity contribution < 1.29 is 13.7 Å². The minimum atomic E-state index is -0.488. The van der Waals surface area contributed by atoms with E-state index in [1.807, 2.05) is 55.5 Å². The molecule has 8 heteroatoms. The minimum absolute atomic E-state index is 0.256. The molecule has 2 amide bonds. The monoisotopic (exact) mass is 474 g/mol. The normalized spacial score (nSPS) is 16.0. The molecular weight excluding hydrogens is 455 g/mol. The Kier molecular flexibility index (Phi) is 5.86. The Hall–Kier alpha value is -3.97. The van der Waals surface area contributed by atoms with E-state index in [0.717, 1.165) is 11.1 Å². The van der Waals surface area contributed by atoms with Gasteiger partial charge in [0.15, 0.2) is 0 Å². The Morgan fingerprint density at radius 1 is 1.03 bits per heavy atom. The fourth-order valence-corrected chi connectivity index (χ4v) is 4.19. The first-order valence-electron chi connectivity index (χ1n) is 10.7. The number of allylic oxidation sites excluding steroid dienone is 1. The Balaban J connectivity index is 1.60. The lowest BCUT2D eigenvalue weighted by Crippen LogP contribution is -2.45. The number of halogens is 2. The van der Waals surface area contributed by atoms with E-state index in [2.05, 4.69) is 15.5 Å². The van der Waals surface area contributed by atoms with Crippen LogP contribution in [0.2, 0.25) is 5.02 Å². The molecule has 0 bridgehead atoms. The third kappa shape index (κ3) is 4.18. The highest BCUT2D eigenvalue weighted by Crippen LogP contribution is 2.38. The molecule has 0 spiro atoms. The van der Waals surface area contributed by atoms with Gasteiger partial charge >= 0.3 is 6.03 Å². The number of nitrogens with one attached hydrogen (secondary N) is 1. The van der Waals surface area contributed by atoms with Crippen LogP contribution in [0, 0.1) is 5.82 Å². The van der Waals surface area contributed by atoms with Gasteiger partial charge in [-0.05, 0) is 48.4 Å². The standard InChI is InChI=1S/C26H20ClFN4O2/c1-16-22(25-30-24(31-34-25)18-11-13-20(28)14-12-18)23(17-7-3-2-4-8-17)29-26(33)32(16)15-19-9-5-6-10-21(19)27/h2-14,23H,15H2,1H3,(H,29,33). The molecule has 1 N–H and O–H groups in total. The van der Waals surface area contributed by atoms with Crippen LogP contribution in [-0.4, -0.2) is 21.1 Å². The molecule has 0 radical (unpaired) electrons. The van der Waals surface area contributed by atoms with E-state index in [1.165, 1.54) is 12.1 Å². The molecule has 5 rings (SSSR count). The minimum Gasteiger partial charge on any atom is -0.334 e. The number of hydrogen-bond donors (Lipinski definition) is 1. The number of aromatic nitrogens is 2. The van der Waals surface area contributed by atoms with Gasteiger partial charge in [0.2, 0.25) is 5.82 Å². The number of carbonyl (C=O) groups is 1. The number of carbonyl (C=O) groups excluding carboxylic acids is 1. The summed E-state index contributed by atoms with van der Waals surface area (Å²) in [4.78, 5) is 19.4. The van der Waals surface area contributed by atoms with Crippen molar-refractivity contribution >= 4 is 23.2 Å². The van der Waals surface area contributed by atoms with Crippen LogP contribution in [0.25, 0.3) is 17.0 Å². The lowest BCUT2D eigenvalue weighted by Gasteiger charge is -2.35. The Bertz CT molecular complexity index is 1370. The Labute approximate surface area is 200 Å². The SMILES string of the molecule is CC1=C(c2nc(-c3ccc(F)cc3)no2)C(c2ccccc2)NC(=O)N1Cc1ccccc1Cl. The van der Waals surface area contributed by atoms with Gasteiger partial charge in [-0.25, -0.2) is 9.18 Å². The maximum atomic E-state index is 13.3. The van der Waals surface area contributed by atoms with E-state index in [-0.39, 0.29) is 24.3 Å². The highest BCUT2D eigenvalue weighted by atomic mass is 35.5. The van der Waals surface area contributed by atoms with Crippen LogP contribution in [-0.2, 0) is 6.54 Å². The third-order valence-electron chi connectivity index (χ3n) is 5.77. The van der Waals surface area contributed by atoms with E-state index in [9.17, 15) is 9.18 Å². The van der Waals surface area contributed by atoms with Gasteiger partial charge < -0.3 is 9.84 Å². The molecule has 3 aromatic carbocycles. The van der Waals surface area contributed by atoms with E-state index in [1.54, 1.807) is 23.1 Å². The van der Waals surface area contributed by atoms with Crippen LogP contribution in [0.5, 0.6) is 0 Å². The molecule has 1 aliphatic rings. The summed E-state index contributed by atoms with van der Waals surface area (Å²) in [5, 5.41) is 7.74. The van der Waals surface area contributed by atoms with Crippen molar-refractivity contribution in [1.29, 1.82) is 0 Å². The molecule has 0 aliphatic carbocycles. The zero-order valence-corrected chi connectivity index (χ0v) is 19.0. The van der Waals surface area contributed by atoms with E-state index in [0.29, 0.717) is 27.7 Å². The summed E-state index contributed by atoms with van der Waals surface area (Å²) in [6.07, 6.45) is 0. The fourth-order valence-electron chi connectivity index (χ4n) is 3.99. The number of nitrogens with zero attached hydrogens (tertiary/aromatic N) is 3. The summed E-state index contributed by atoms with van der Waals surface area (Å²) < 4.78 is 19.0. The van der Waals surface area contributed by atoms with E-state index >= 15 is 0 Å². The third-order valence-corrected chi connectivity index (χ3v) is 6.14. The highest BCUT2D eigenvalue weighted by molar-refractivity contribution is 6.31. The second-order valence-electron chi connectivity index (χ2n) is 7.90. The smallest absolute Gasteiger partial charge is 0.322 e. The summed E-state index contributed by atoms with van der Waals surface area (Å²) in [5.41, 5.74) is 3.67. The van der Waals surface area contributed by atoms with Gasteiger partial charge in [-0.15, -0.1) is 0 Å². The number of hydrogen-bond acceptors (Lipinski definition) is 4. The first-order valence-corrected chi connectivity index (χ1v) is 11.1. The lowest BCUT2D eigenvalue weighted by molar-refractivity contribution is 0.203. The van der Waals surface area contributed by atoms with Crippen molar-refractivity contribution in [2.24, 2.45) is 0 Å². The van der Waals surface area contributed by atoms with E-state index < -0.39 is 6.04 Å². The largest absolute Gasteiger partial charge is 0.334 e. The summed E-state index contributed by atoms with van der Waals surface area (Å²) in [6, 6.07) is 22.1. The fraction of sp³-hybridized carbons (Fsp3) is 0.115. The molecule has 170 valence electrons. The highest BCUT2D eigenvalue weighted by Gasteiger charge is 2.35. The van der Waals surface area contributed by atoms with Gasteiger partial charge in [0.25, 0.3) is 5.89 Å². The average molecular weight is 475 g/mol. The van der Waals surface area contributed by atoms with Crippen LogP contribution in [0.15, 0.2) is 89.1 Å². The second kappa shape index (κ2) is 9.11. The molecule has 4 aromatic rings. The number of amides is 2. The van der Waals surface area contributed by atoms with Crippen LogP contribution in [0.1, 0.15) is 30.0 Å². The van der Waals surface area contributed by atoms with Crippen molar-refractivity contribution in [3.05, 3.63) is 112 Å². The van der Waals surface area contributed by atoms with Gasteiger partial charge in [0, 0.05) is 16.3 Å². The van der Waals surface area contributed by atoms with Crippen LogP contribution in [0.3, 0.4) is 0 Å². The molecular formula is C26H20ClFN4O2. The van der Waals surface area contributed by atoms with Crippen molar-refractivity contribution in [3.63, 3.8) is 0 Å². The molecule has 2 heterocycles. The molecule has 6 nitrogen and oxygen atoms in total. The van der Waals surface area contributed by atoms with Crippen LogP contribution >= 0.6 is 11.6 Å². The topological polar surface area (TPSA) is 71.3 Å². The van der Waals surface area contributed by atoms with Crippen LogP contribution in [0.4, 0.5) is 9.18 Å². The first kappa shape index (κ1) is 21.9. The lowest BCUT2D eigenvalue weighted by atomic mass is 9.94. The van der Waals surface area contributed by atoms with Crippen LogP contribution < -0.4 is 5.32 Å². The van der Waals surface area contributed by atoms with Gasteiger partial charge in [-0.3, -0.25) is 4.90 Å². The number of urea groups is 1. The van der Waals surface area contributed by atoms with Gasteiger partial charge in [-0.2, -0.15) is 4.98 Å². The van der Waals surface area contributed by atoms with Crippen molar-refractivity contribution in [2.75, 3.05) is 0 Å². The molecule has 1 aromatic heterocycles. The molecule has 1 unspecified atom stereocenters. The van der Waals surface area contributed by atoms with Crippen molar-refractivity contribution in [3.8, 4) is 11.4 Å². The average Bonchev–Trinajstić information content (AvgIpc) is 3.33. The Morgan fingerprint density at radius 3 is 2.47 bits per heavy atom. The summed E-state index contributed by atoms with van der Waals surface area (Å²) >= 11 is 6.36. The molecule has 1 atom stereocenters. The van der Waals surface area contributed by atoms with Crippen molar-refractivity contribution in [1.82, 2.24) is 20.4 Å². The summed E-state index contributed by atoms with van der Waals surface area (Å²) in [6.45, 7) is 2.13. The van der Waals surface area contributed by atoms with Gasteiger partial charge in [-0.1, -0.05) is 65.3 Å². The first-order chi connectivity index (χ1) is 16.5. The zero-order valence-electron chi connectivity index (χ0n) is 18.2. The second-order valence-corrected chi connectivity index (χ2v) is 8.31. The Morgan fingerprint density at radius 2 is 1.74 bits per heavy atom. The predicted molar refractivity (Wildman–Crippen MR) is 127 cm³/mol. The van der Waals surface area contributed by atoms with Crippen molar-refractivity contribution in [2.45, 2.75) is 19.5 Å². The van der Waals surface area contributed by atoms with E-state index in [4.69, 9.17) is 16.1 Å². The number of benzene rings is 3. The quantitative estimate of drug-likeness (QED) is 0.372. The molecule has 0 saturated heterocycles. The van der Waals surface area contributed by atoms with Gasteiger partial charge in [0.05, 0.1) is 18.2 Å². The molecule has 0 fully saturated rings. The summed E-state index contributed by atoms with van der Waals surface area (Å²) in [5.74, 6) is 0.256. The molecule has 34 heavy (non-hydrogen) atoms. The summed E-state index contributed by atoms with van der Waals surface area (Å²) in [7, 11) is 0. The maximum Gasteiger partial charge on any atom is 0.322 e. The zero-order chi connectivity index (χ0) is 23.7.